The lowest BCUT2D eigenvalue weighted by Gasteiger charge is -2.23. The third-order valence-electron chi connectivity index (χ3n) is 6.06. The standard InChI is InChI=1S/C21H21FN4O2S/c22-16-5-3-15(4-6-16)12-24-9-7-21(14-24)8-10-25-18(27)19(28)26(23-20(21)25)13-17-2-1-11-29-17/h1-6,11H,7-10,12-14H2. The van der Waals surface area contributed by atoms with Gasteiger partial charge in [0.1, 0.15) is 11.6 Å². The molecule has 0 amide bonds. The average molecular weight is 412 g/mol. The summed E-state index contributed by atoms with van der Waals surface area (Å²) in [7, 11) is 0. The second kappa shape index (κ2) is 7.03. The Morgan fingerprint density at radius 3 is 2.59 bits per heavy atom. The minimum atomic E-state index is -0.555. The first-order valence-electron chi connectivity index (χ1n) is 9.76. The van der Waals surface area contributed by atoms with Crippen molar-refractivity contribution in [3.8, 4) is 0 Å². The van der Waals surface area contributed by atoms with Crippen molar-refractivity contribution in [3.05, 3.63) is 84.6 Å². The minimum Gasteiger partial charge on any atom is -0.298 e. The molecule has 1 spiro atoms. The summed E-state index contributed by atoms with van der Waals surface area (Å²) in [5, 5.41) is 6.63. The van der Waals surface area contributed by atoms with Crippen molar-refractivity contribution >= 4 is 11.3 Å². The van der Waals surface area contributed by atoms with Gasteiger partial charge in [0.15, 0.2) is 0 Å². The van der Waals surface area contributed by atoms with Crippen LogP contribution in [0.2, 0.25) is 0 Å². The smallest absolute Gasteiger partial charge is 0.298 e. The van der Waals surface area contributed by atoms with Gasteiger partial charge in [-0.25, -0.2) is 9.07 Å². The number of likely N-dealkylation sites (tertiary alicyclic amines) is 1. The van der Waals surface area contributed by atoms with Gasteiger partial charge >= 0.3 is 11.1 Å². The third kappa shape index (κ3) is 3.26. The van der Waals surface area contributed by atoms with Gasteiger partial charge in [0, 0.05) is 29.9 Å². The van der Waals surface area contributed by atoms with Crippen molar-refractivity contribution in [3.63, 3.8) is 0 Å². The van der Waals surface area contributed by atoms with Gasteiger partial charge in [-0.1, -0.05) is 18.2 Å². The molecule has 2 aromatic heterocycles. The quantitative estimate of drug-likeness (QED) is 0.617. The highest BCUT2D eigenvalue weighted by molar-refractivity contribution is 7.09. The molecule has 1 atom stereocenters. The summed E-state index contributed by atoms with van der Waals surface area (Å²) in [4.78, 5) is 28.5. The zero-order valence-electron chi connectivity index (χ0n) is 15.9. The first-order chi connectivity index (χ1) is 14.0. The predicted octanol–water partition coefficient (Wildman–Crippen LogP) is 2.20. The molecule has 150 valence electrons. The molecule has 1 aromatic carbocycles. The Hall–Kier alpha value is -2.58. The zero-order chi connectivity index (χ0) is 20.0. The average Bonchev–Trinajstić information content (AvgIpc) is 3.44. The number of benzene rings is 1. The van der Waals surface area contributed by atoms with Crippen LogP contribution in [0.3, 0.4) is 0 Å². The van der Waals surface area contributed by atoms with E-state index in [1.165, 1.54) is 16.8 Å². The lowest BCUT2D eigenvalue weighted by molar-refractivity contribution is 0.298. The molecule has 8 heteroatoms. The Morgan fingerprint density at radius 2 is 1.83 bits per heavy atom. The minimum absolute atomic E-state index is 0.204. The van der Waals surface area contributed by atoms with Gasteiger partial charge in [0.2, 0.25) is 0 Å². The van der Waals surface area contributed by atoms with Gasteiger partial charge in [-0.3, -0.25) is 19.1 Å². The Balaban J connectivity index is 1.44. The van der Waals surface area contributed by atoms with Crippen LogP contribution in [0, 0.1) is 5.82 Å². The van der Waals surface area contributed by atoms with Crippen LogP contribution in [0.5, 0.6) is 0 Å². The molecule has 0 N–H and O–H groups in total. The van der Waals surface area contributed by atoms with Crippen molar-refractivity contribution < 1.29 is 4.39 Å². The normalized spacial score (nSPS) is 21.1. The largest absolute Gasteiger partial charge is 0.332 e. The summed E-state index contributed by atoms with van der Waals surface area (Å²) in [5.74, 6) is 0.504. The Morgan fingerprint density at radius 1 is 1.03 bits per heavy atom. The first-order valence-corrected chi connectivity index (χ1v) is 10.6. The topological polar surface area (TPSA) is 60.1 Å². The maximum absolute atomic E-state index is 13.2. The molecule has 0 radical (unpaired) electrons. The van der Waals surface area contributed by atoms with Gasteiger partial charge in [-0.15, -0.1) is 11.3 Å². The van der Waals surface area contributed by atoms with Crippen LogP contribution in [0.1, 0.15) is 29.1 Å². The number of thiophene rings is 1. The number of nitrogens with zero attached hydrogens (tertiary/aromatic N) is 4. The summed E-state index contributed by atoms with van der Waals surface area (Å²) in [6.45, 7) is 3.28. The number of hydrogen-bond donors (Lipinski definition) is 0. The van der Waals surface area contributed by atoms with Crippen LogP contribution in [-0.2, 0) is 25.0 Å². The fourth-order valence-electron chi connectivity index (χ4n) is 4.56. The molecule has 0 aliphatic carbocycles. The van der Waals surface area contributed by atoms with E-state index in [0.29, 0.717) is 13.1 Å². The summed E-state index contributed by atoms with van der Waals surface area (Å²) in [5.41, 5.74) is -0.167. The van der Waals surface area contributed by atoms with Crippen LogP contribution >= 0.6 is 11.3 Å². The third-order valence-corrected chi connectivity index (χ3v) is 6.92. The van der Waals surface area contributed by atoms with Gasteiger partial charge in [0.05, 0.1) is 6.54 Å². The Bertz CT molecular complexity index is 1150. The van der Waals surface area contributed by atoms with E-state index in [4.69, 9.17) is 0 Å². The van der Waals surface area contributed by atoms with Gasteiger partial charge in [-0.2, -0.15) is 5.10 Å². The van der Waals surface area contributed by atoms with E-state index >= 15 is 0 Å². The van der Waals surface area contributed by atoms with Crippen molar-refractivity contribution in [1.29, 1.82) is 0 Å². The van der Waals surface area contributed by atoms with E-state index < -0.39 is 11.1 Å². The van der Waals surface area contributed by atoms with Crippen LogP contribution < -0.4 is 11.1 Å². The molecule has 2 aliphatic rings. The molecule has 0 saturated carbocycles. The molecule has 4 heterocycles. The monoisotopic (exact) mass is 412 g/mol. The lowest BCUT2D eigenvalue weighted by atomic mass is 9.85. The van der Waals surface area contributed by atoms with E-state index in [9.17, 15) is 14.0 Å². The van der Waals surface area contributed by atoms with Crippen molar-refractivity contribution in [2.75, 3.05) is 13.1 Å². The second-order valence-electron chi connectivity index (χ2n) is 7.94. The van der Waals surface area contributed by atoms with Crippen LogP contribution in [0.15, 0.2) is 51.4 Å². The highest BCUT2D eigenvalue weighted by Gasteiger charge is 2.47. The van der Waals surface area contributed by atoms with E-state index in [1.807, 2.05) is 29.6 Å². The van der Waals surface area contributed by atoms with Crippen LogP contribution in [0.4, 0.5) is 4.39 Å². The van der Waals surface area contributed by atoms with Gasteiger partial charge in [0.25, 0.3) is 0 Å². The summed E-state index contributed by atoms with van der Waals surface area (Å²) in [6, 6.07) is 10.5. The molecule has 29 heavy (non-hydrogen) atoms. The first kappa shape index (κ1) is 18.4. The number of rotatable bonds is 4. The molecule has 0 bridgehead atoms. The van der Waals surface area contributed by atoms with Crippen LogP contribution in [0.25, 0.3) is 0 Å². The van der Waals surface area contributed by atoms with Gasteiger partial charge in [-0.05, 0) is 48.5 Å². The van der Waals surface area contributed by atoms with Crippen molar-refractivity contribution in [2.45, 2.75) is 37.9 Å². The Labute approximate surface area is 170 Å². The summed E-state index contributed by atoms with van der Waals surface area (Å²) < 4.78 is 16.1. The van der Waals surface area contributed by atoms with E-state index in [0.717, 1.165) is 48.7 Å². The number of hydrogen-bond acceptors (Lipinski definition) is 5. The molecule has 1 fully saturated rings. The molecular weight excluding hydrogens is 391 g/mol. The Kier molecular flexibility index (Phi) is 4.48. The van der Waals surface area contributed by atoms with E-state index in [-0.39, 0.29) is 11.2 Å². The van der Waals surface area contributed by atoms with Gasteiger partial charge < -0.3 is 0 Å². The number of halogens is 1. The predicted molar refractivity (Wildman–Crippen MR) is 109 cm³/mol. The van der Waals surface area contributed by atoms with E-state index in [1.54, 1.807) is 15.9 Å². The molecule has 5 rings (SSSR count). The maximum atomic E-state index is 13.2. The van der Waals surface area contributed by atoms with Crippen LogP contribution in [-0.4, -0.2) is 32.3 Å². The number of fused-ring (bicyclic) bond motifs is 2. The fraction of sp³-hybridized carbons (Fsp3) is 0.381. The zero-order valence-corrected chi connectivity index (χ0v) is 16.7. The molecule has 1 unspecified atom stereocenters. The SMILES string of the molecule is O=c1c(=O)n2c(nn1Cc1cccs1)C1(CCN(Cc3ccc(F)cc3)C1)CC2. The van der Waals surface area contributed by atoms with Crippen molar-refractivity contribution in [1.82, 2.24) is 19.2 Å². The van der Waals surface area contributed by atoms with E-state index in [2.05, 4.69) is 10.00 Å². The second-order valence-corrected chi connectivity index (χ2v) is 8.97. The summed E-state index contributed by atoms with van der Waals surface area (Å²) >= 11 is 1.55. The molecule has 1 saturated heterocycles. The fourth-order valence-corrected chi connectivity index (χ4v) is 5.24. The summed E-state index contributed by atoms with van der Waals surface area (Å²) in [6.07, 6.45) is 1.72. The molecular formula is C21H21FN4O2S. The molecule has 3 aromatic rings. The van der Waals surface area contributed by atoms with Crippen molar-refractivity contribution in [2.24, 2.45) is 0 Å². The highest BCUT2D eigenvalue weighted by Crippen LogP contribution is 2.40. The maximum Gasteiger partial charge on any atom is 0.332 e. The highest BCUT2D eigenvalue weighted by atomic mass is 32.1. The molecule has 2 aliphatic heterocycles. The molecule has 6 nitrogen and oxygen atoms in total. The number of aromatic nitrogens is 3. The lowest BCUT2D eigenvalue weighted by Crippen LogP contribution is -2.45.